The van der Waals surface area contributed by atoms with E-state index in [9.17, 15) is 9.50 Å². The predicted molar refractivity (Wildman–Crippen MR) is 180 cm³/mol. The van der Waals surface area contributed by atoms with Crippen molar-refractivity contribution >= 4 is 27.5 Å². The summed E-state index contributed by atoms with van der Waals surface area (Å²) in [7, 11) is 0. The second kappa shape index (κ2) is 13.2. The molecule has 0 radical (unpaired) electrons. The molecule has 256 valence electrons. The maximum Gasteiger partial charge on any atom is 0.319 e. The minimum atomic E-state index is -0.746. The highest BCUT2D eigenvalue weighted by molar-refractivity contribution is 6.00. The summed E-state index contributed by atoms with van der Waals surface area (Å²) < 4.78 is 49.1. The summed E-state index contributed by atoms with van der Waals surface area (Å²) in [5, 5.41) is 16.3. The van der Waals surface area contributed by atoms with Crippen LogP contribution in [-0.4, -0.2) is 81.7 Å². The van der Waals surface area contributed by atoms with E-state index in [-0.39, 0.29) is 41.6 Å². The zero-order valence-corrected chi connectivity index (χ0v) is 27.6. The van der Waals surface area contributed by atoms with E-state index >= 15 is 4.39 Å². The van der Waals surface area contributed by atoms with E-state index in [1.54, 1.807) is 30.8 Å². The van der Waals surface area contributed by atoms with Crippen molar-refractivity contribution in [3.05, 3.63) is 71.8 Å². The number of pyridine rings is 1. The normalized spacial score (nSPS) is 23.2. The summed E-state index contributed by atoms with van der Waals surface area (Å²) in [6.45, 7) is 5.32. The summed E-state index contributed by atoms with van der Waals surface area (Å²) in [5.74, 6) is -0.539. The first-order valence-electron chi connectivity index (χ1n) is 17.3. The number of piperidine rings is 1. The first-order chi connectivity index (χ1) is 23.9. The molecule has 3 aromatic heterocycles. The van der Waals surface area contributed by atoms with E-state index in [0.717, 1.165) is 56.1 Å². The molecule has 2 aromatic carbocycles. The number of anilines is 1. The van der Waals surface area contributed by atoms with E-state index < -0.39 is 11.9 Å². The van der Waals surface area contributed by atoms with Gasteiger partial charge >= 0.3 is 6.01 Å². The Balaban J connectivity index is 1.20. The molecule has 1 aliphatic carbocycles. The van der Waals surface area contributed by atoms with Gasteiger partial charge in [0, 0.05) is 48.4 Å². The van der Waals surface area contributed by atoms with Crippen molar-refractivity contribution in [2.45, 2.75) is 64.1 Å². The highest BCUT2D eigenvalue weighted by Gasteiger charge is 2.48. The Morgan fingerprint density at radius 2 is 1.98 bits per heavy atom. The Labute approximate surface area is 283 Å². The molecule has 0 amide bonds. The first kappa shape index (κ1) is 32.0. The third-order valence-electron chi connectivity index (χ3n) is 10.7. The van der Waals surface area contributed by atoms with Crippen molar-refractivity contribution in [1.29, 1.82) is 0 Å². The number of fused-ring (bicyclic) bond motifs is 3. The van der Waals surface area contributed by atoms with E-state index in [1.807, 2.05) is 24.0 Å². The van der Waals surface area contributed by atoms with Gasteiger partial charge in [0.15, 0.2) is 5.82 Å². The van der Waals surface area contributed by atoms with E-state index in [1.165, 1.54) is 6.07 Å². The molecule has 2 aliphatic heterocycles. The van der Waals surface area contributed by atoms with Crippen LogP contribution in [0.3, 0.4) is 0 Å². The van der Waals surface area contributed by atoms with Gasteiger partial charge in [-0.1, -0.05) is 42.8 Å². The molecule has 8 rings (SSSR count). The number of β-amino-alcohol motifs (C(OH)–C–C–N with tert-alkyl or cyclic N) is 1. The third kappa shape index (κ3) is 5.89. The minimum Gasteiger partial charge on any atom is -0.463 e. The SMILES string of the molecule is CCc1c(F)ccc2cccc(-c3ncc4c(N5CCOCC(O)C5)nc(OCC56CCCC5N(Cc5cnoc5)CCC6)nc4c3F)c12. The predicted octanol–water partition coefficient (Wildman–Crippen LogP) is 6.08. The van der Waals surface area contributed by atoms with Crippen molar-refractivity contribution in [3.63, 3.8) is 0 Å². The summed E-state index contributed by atoms with van der Waals surface area (Å²) in [6.07, 6.45) is 9.99. The van der Waals surface area contributed by atoms with Gasteiger partial charge in [0.1, 0.15) is 29.1 Å². The van der Waals surface area contributed by atoms with Gasteiger partial charge in [0.25, 0.3) is 0 Å². The van der Waals surface area contributed by atoms with Crippen LogP contribution in [0.2, 0.25) is 0 Å². The van der Waals surface area contributed by atoms with Crippen LogP contribution in [0.15, 0.2) is 53.5 Å². The number of aryl methyl sites for hydroxylation is 1. The quantitative estimate of drug-likeness (QED) is 0.209. The smallest absolute Gasteiger partial charge is 0.319 e. The summed E-state index contributed by atoms with van der Waals surface area (Å²) in [5.41, 5.74) is 2.11. The molecule has 1 N–H and O–H groups in total. The van der Waals surface area contributed by atoms with Gasteiger partial charge in [-0.3, -0.25) is 9.88 Å². The minimum absolute atomic E-state index is 0.0642. The monoisotopic (exact) mass is 670 g/mol. The zero-order chi connectivity index (χ0) is 33.5. The molecule has 3 fully saturated rings. The van der Waals surface area contributed by atoms with Gasteiger partial charge in [-0.25, -0.2) is 8.78 Å². The number of likely N-dealkylation sites (tertiary alicyclic amines) is 1. The van der Waals surface area contributed by atoms with Crippen molar-refractivity contribution in [2.24, 2.45) is 5.41 Å². The number of rotatable bonds is 8. The molecule has 12 heteroatoms. The molecule has 3 unspecified atom stereocenters. The Bertz CT molecular complexity index is 1980. The van der Waals surface area contributed by atoms with Crippen LogP contribution in [0.25, 0.3) is 32.9 Å². The Kier molecular flexibility index (Phi) is 8.63. The van der Waals surface area contributed by atoms with Crippen LogP contribution in [0.1, 0.15) is 50.2 Å². The lowest BCUT2D eigenvalue weighted by atomic mass is 9.75. The van der Waals surface area contributed by atoms with E-state index in [0.29, 0.717) is 59.9 Å². The van der Waals surface area contributed by atoms with Crippen LogP contribution in [0.5, 0.6) is 6.01 Å². The number of aromatic nitrogens is 4. The van der Waals surface area contributed by atoms with Gasteiger partial charge in [-0.15, -0.1) is 0 Å². The standard InChI is InChI=1S/C37H40F2N6O4/c1-2-26-29(38)10-9-24-6-3-7-27(31(24)26)33-32(39)34-28(17-40-33)35(45-14-15-47-21-25(46)19-45)43-36(42-34)48-22-37-11-4-8-30(37)44(13-5-12-37)18-23-16-41-49-20-23/h3,6-7,9-10,16-17,20,25,30,46H,2,4-5,8,11-15,18-19,21-22H2,1H3. The fourth-order valence-corrected chi connectivity index (χ4v) is 8.42. The van der Waals surface area contributed by atoms with Gasteiger partial charge in [0.2, 0.25) is 0 Å². The average molecular weight is 671 g/mol. The summed E-state index contributed by atoms with van der Waals surface area (Å²) in [6, 6.07) is 9.05. The molecule has 10 nitrogen and oxygen atoms in total. The second-order valence-corrected chi connectivity index (χ2v) is 13.6. The lowest BCUT2D eigenvalue weighted by Crippen LogP contribution is -2.51. The van der Waals surface area contributed by atoms with Crippen molar-refractivity contribution in [1.82, 2.24) is 25.0 Å². The zero-order valence-electron chi connectivity index (χ0n) is 27.6. The molecule has 1 saturated carbocycles. The number of benzene rings is 2. The largest absolute Gasteiger partial charge is 0.463 e. The second-order valence-electron chi connectivity index (χ2n) is 13.6. The fourth-order valence-electron chi connectivity index (χ4n) is 8.42. The molecular weight excluding hydrogens is 630 g/mol. The number of aliphatic hydroxyl groups is 1. The van der Waals surface area contributed by atoms with Crippen LogP contribution in [-0.2, 0) is 17.7 Å². The summed E-state index contributed by atoms with van der Waals surface area (Å²) in [4.78, 5) is 18.5. The lowest BCUT2D eigenvalue weighted by molar-refractivity contribution is -0.00461. The Morgan fingerprint density at radius 1 is 1.08 bits per heavy atom. The molecule has 0 bridgehead atoms. The van der Waals surface area contributed by atoms with Crippen molar-refractivity contribution < 1.29 is 27.9 Å². The van der Waals surface area contributed by atoms with E-state index in [2.05, 4.69) is 15.0 Å². The number of nitrogens with zero attached hydrogens (tertiary/aromatic N) is 6. The topological polar surface area (TPSA) is 110 Å². The third-order valence-corrected chi connectivity index (χ3v) is 10.7. The van der Waals surface area contributed by atoms with Gasteiger partial charge in [0.05, 0.1) is 37.5 Å². The number of halogens is 2. The van der Waals surface area contributed by atoms with Crippen molar-refractivity contribution in [2.75, 3.05) is 44.4 Å². The molecule has 3 atom stereocenters. The van der Waals surface area contributed by atoms with Crippen LogP contribution >= 0.6 is 0 Å². The van der Waals surface area contributed by atoms with Gasteiger partial charge in [-0.05, 0) is 61.1 Å². The average Bonchev–Trinajstić information content (AvgIpc) is 3.74. The summed E-state index contributed by atoms with van der Waals surface area (Å²) >= 11 is 0. The number of aliphatic hydroxyl groups excluding tert-OH is 1. The van der Waals surface area contributed by atoms with Crippen molar-refractivity contribution in [3.8, 4) is 17.3 Å². The molecule has 5 aromatic rings. The fraction of sp³-hybridized carbons (Fsp3) is 0.459. The maximum absolute atomic E-state index is 16.9. The molecular formula is C37H40F2N6O4. The Hall–Kier alpha value is -4.26. The Morgan fingerprint density at radius 3 is 2.84 bits per heavy atom. The highest BCUT2D eigenvalue weighted by Crippen LogP contribution is 2.48. The molecule has 0 spiro atoms. The van der Waals surface area contributed by atoms with Gasteiger partial charge < -0.3 is 24.0 Å². The molecule has 5 heterocycles. The first-order valence-corrected chi connectivity index (χ1v) is 17.3. The maximum atomic E-state index is 16.9. The van der Waals surface area contributed by atoms with E-state index in [4.69, 9.17) is 24.0 Å². The number of hydrogen-bond acceptors (Lipinski definition) is 10. The van der Waals surface area contributed by atoms with Crippen LogP contribution in [0.4, 0.5) is 14.6 Å². The number of hydrogen-bond donors (Lipinski definition) is 1. The molecule has 2 saturated heterocycles. The lowest BCUT2D eigenvalue weighted by Gasteiger charge is -2.46. The highest BCUT2D eigenvalue weighted by atomic mass is 19.1. The molecule has 49 heavy (non-hydrogen) atoms. The van der Waals surface area contributed by atoms with Gasteiger partial charge in [-0.2, -0.15) is 9.97 Å². The number of ether oxygens (including phenoxy) is 2. The van der Waals surface area contributed by atoms with Crippen LogP contribution in [0, 0.1) is 17.0 Å². The van der Waals surface area contributed by atoms with Crippen LogP contribution < -0.4 is 9.64 Å². The molecule has 3 aliphatic rings.